The highest BCUT2D eigenvalue weighted by Crippen LogP contribution is 2.38. The maximum Gasteiger partial charge on any atom is 0.125 e. The summed E-state index contributed by atoms with van der Waals surface area (Å²) < 4.78 is 15.3. The van der Waals surface area contributed by atoms with Crippen molar-refractivity contribution in [2.75, 3.05) is 20.3 Å². The van der Waals surface area contributed by atoms with Crippen LogP contribution in [0.2, 0.25) is 0 Å². The molecule has 0 N–H and O–H groups in total. The first-order chi connectivity index (χ1) is 8.84. The van der Waals surface area contributed by atoms with Crippen LogP contribution in [0.25, 0.3) is 11.3 Å². The largest absolute Gasteiger partial charge is 0.381 e. The van der Waals surface area contributed by atoms with Crippen molar-refractivity contribution in [3.8, 4) is 11.3 Å². The van der Waals surface area contributed by atoms with Crippen molar-refractivity contribution in [3.05, 3.63) is 22.0 Å². The summed E-state index contributed by atoms with van der Waals surface area (Å²) in [4.78, 5) is 4.72. The lowest BCUT2D eigenvalue weighted by atomic mass is 9.95. The fraction of sp³-hybridized carbons (Fsp3) is 0.500. The van der Waals surface area contributed by atoms with E-state index in [2.05, 4.69) is 9.75 Å². The summed E-state index contributed by atoms with van der Waals surface area (Å²) in [6.07, 6.45) is 3.60. The predicted molar refractivity (Wildman–Crippen MR) is 72.0 cm³/mol. The molecule has 1 fully saturated rings. The summed E-state index contributed by atoms with van der Waals surface area (Å²) in [7, 11) is 1.76. The molecule has 1 aliphatic rings. The molecule has 0 aromatic carbocycles. The fourth-order valence-corrected chi connectivity index (χ4v) is 3.75. The van der Waals surface area contributed by atoms with E-state index >= 15 is 0 Å². The van der Waals surface area contributed by atoms with E-state index < -0.39 is 0 Å². The van der Waals surface area contributed by atoms with Gasteiger partial charge in [0, 0.05) is 49.5 Å². The highest BCUT2D eigenvalue weighted by molar-refractivity contribution is 7.10. The third kappa shape index (κ3) is 2.09. The maximum absolute atomic E-state index is 5.75. The summed E-state index contributed by atoms with van der Waals surface area (Å²) in [5.41, 5.74) is 1.82. The van der Waals surface area contributed by atoms with Crippen molar-refractivity contribution in [2.24, 2.45) is 0 Å². The Bertz CT molecular complexity index is 504. The number of thiazole rings is 1. The minimum Gasteiger partial charge on any atom is -0.381 e. The Kier molecular flexibility index (Phi) is 3.43. The molecule has 1 saturated heterocycles. The molecule has 1 aliphatic heterocycles. The first-order valence-electron chi connectivity index (χ1n) is 5.83. The van der Waals surface area contributed by atoms with Crippen LogP contribution < -0.4 is 0 Å². The topological polar surface area (TPSA) is 44.2 Å². The Morgan fingerprint density at radius 2 is 2.17 bits per heavy atom. The Hall–Kier alpha value is -0.820. The molecule has 3 heterocycles. The lowest BCUT2D eigenvalue weighted by Gasteiger charge is -2.33. The molecule has 2 aromatic heterocycles. The molecule has 0 aliphatic carbocycles. The molecule has 2 aromatic rings. The molecule has 0 saturated carbocycles. The molecule has 6 heteroatoms. The smallest absolute Gasteiger partial charge is 0.125 e. The van der Waals surface area contributed by atoms with E-state index in [0.29, 0.717) is 0 Å². The molecule has 96 valence electrons. The Labute approximate surface area is 114 Å². The monoisotopic (exact) mass is 282 g/mol. The van der Waals surface area contributed by atoms with Gasteiger partial charge in [0.15, 0.2) is 0 Å². The van der Waals surface area contributed by atoms with Crippen LogP contribution in [0.15, 0.2) is 17.0 Å². The molecule has 0 bridgehead atoms. The number of aromatic nitrogens is 2. The second-order valence-electron chi connectivity index (χ2n) is 4.26. The van der Waals surface area contributed by atoms with E-state index in [9.17, 15) is 0 Å². The number of nitrogens with zero attached hydrogens (tertiary/aromatic N) is 2. The van der Waals surface area contributed by atoms with Crippen molar-refractivity contribution < 1.29 is 9.47 Å². The van der Waals surface area contributed by atoms with E-state index in [0.717, 1.165) is 42.3 Å². The van der Waals surface area contributed by atoms with Crippen LogP contribution in [0.4, 0.5) is 0 Å². The number of methoxy groups -OCH3 is 1. The zero-order valence-corrected chi connectivity index (χ0v) is 11.7. The van der Waals surface area contributed by atoms with Gasteiger partial charge in [0.1, 0.15) is 10.6 Å². The molecule has 0 spiro atoms. The number of hydrogen-bond donors (Lipinski definition) is 0. The molecular formula is C12H14N2O2S2. The zero-order chi connectivity index (χ0) is 12.4. The second-order valence-corrected chi connectivity index (χ2v) is 5.78. The van der Waals surface area contributed by atoms with Crippen LogP contribution in [0.3, 0.4) is 0 Å². The van der Waals surface area contributed by atoms with Gasteiger partial charge in [-0.25, -0.2) is 9.36 Å². The van der Waals surface area contributed by atoms with Crippen LogP contribution in [-0.2, 0) is 15.1 Å². The number of rotatable bonds is 3. The van der Waals surface area contributed by atoms with Gasteiger partial charge in [-0.15, -0.1) is 11.3 Å². The van der Waals surface area contributed by atoms with E-state index in [1.807, 2.05) is 11.6 Å². The van der Waals surface area contributed by atoms with Gasteiger partial charge in [-0.1, -0.05) is 0 Å². The summed E-state index contributed by atoms with van der Waals surface area (Å²) in [6.45, 7) is 1.48. The van der Waals surface area contributed by atoms with E-state index in [1.165, 1.54) is 11.5 Å². The molecule has 3 rings (SSSR count). The van der Waals surface area contributed by atoms with Crippen LogP contribution in [0, 0.1) is 0 Å². The SMILES string of the molecule is COC1(c2nc(-c3cnsc3)cs2)CCOCC1. The molecule has 0 radical (unpaired) electrons. The van der Waals surface area contributed by atoms with Crippen LogP contribution >= 0.6 is 22.9 Å². The Morgan fingerprint density at radius 1 is 1.33 bits per heavy atom. The van der Waals surface area contributed by atoms with Crippen molar-refractivity contribution in [1.82, 2.24) is 9.36 Å². The minimum absolute atomic E-state index is 0.259. The quantitative estimate of drug-likeness (QED) is 0.868. The van der Waals surface area contributed by atoms with E-state index in [4.69, 9.17) is 14.5 Å². The normalized spacial score (nSPS) is 18.9. The van der Waals surface area contributed by atoms with Gasteiger partial charge in [0.05, 0.1) is 11.9 Å². The van der Waals surface area contributed by atoms with Gasteiger partial charge in [-0.05, 0) is 11.5 Å². The van der Waals surface area contributed by atoms with Crippen LogP contribution in [0.1, 0.15) is 17.8 Å². The average Bonchev–Trinajstić information content (AvgIpc) is 3.10. The van der Waals surface area contributed by atoms with E-state index in [1.54, 1.807) is 18.4 Å². The van der Waals surface area contributed by atoms with Gasteiger partial charge in [0.2, 0.25) is 0 Å². The zero-order valence-electron chi connectivity index (χ0n) is 10.1. The average molecular weight is 282 g/mol. The van der Waals surface area contributed by atoms with Crippen LogP contribution in [0.5, 0.6) is 0 Å². The summed E-state index contributed by atoms with van der Waals surface area (Å²) in [5.74, 6) is 0. The van der Waals surface area contributed by atoms with Gasteiger partial charge >= 0.3 is 0 Å². The predicted octanol–water partition coefficient (Wildman–Crippen LogP) is 2.92. The van der Waals surface area contributed by atoms with Gasteiger partial charge in [-0.3, -0.25) is 0 Å². The first kappa shape index (κ1) is 12.2. The lowest BCUT2D eigenvalue weighted by Crippen LogP contribution is -2.35. The molecule has 0 amide bonds. The molecule has 18 heavy (non-hydrogen) atoms. The number of hydrogen-bond acceptors (Lipinski definition) is 6. The second kappa shape index (κ2) is 5.05. The molecule has 0 atom stereocenters. The molecule has 4 nitrogen and oxygen atoms in total. The summed E-state index contributed by atoms with van der Waals surface area (Å²) >= 11 is 3.11. The van der Waals surface area contributed by atoms with Crippen molar-refractivity contribution in [1.29, 1.82) is 0 Å². The Balaban J connectivity index is 1.92. The molecular weight excluding hydrogens is 268 g/mol. The summed E-state index contributed by atoms with van der Waals surface area (Å²) in [5, 5.41) is 5.15. The van der Waals surface area contributed by atoms with E-state index in [-0.39, 0.29) is 5.60 Å². The fourth-order valence-electron chi connectivity index (χ4n) is 2.15. The minimum atomic E-state index is -0.259. The van der Waals surface area contributed by atoms with Crippen molar-refractivity contribution in [2.45, 2.75) is 18.4 Å². The lowest BCUT2D eigenvalue weighted by molar-refractivity contribution is -0.0947. The summed E-state index contributed by atoms with van der Waals surface area (Å²) in [6, 6.07) is 0. The highest BCUT2D eigenvalue weighted by Gasteiger charge is 2.37. The maximum atomic E-state index is 5.75. The van der Waals surface area contributed by atoms with Crippen LogP contribution in [-0.4, -0.2) is 29.7 Å². The van der Waals surface area contributed by atoms with Gasteiger partial charge in [0.25, 0.3) is 0 Å². The van der Waals surface area contributed by atoms with Gasteiger partial charge in [-0.2, -0.15) is 0 Å². The Morgan fingerprint density at radius 3 is 2.83 bits per heavy atom. The standard InChI is InChI=1S/C12H14N2O2S2/c1-15-12(2-4-16-5-3-12)11-14-10(8-17-11)9-6-13-18-7-9/h6-8H,2-5H2,1H3. The first-order valence-corrected chi connectivity index (χ1v) is 7.54. The van der Waals surface area contributed by atoms with Crippen molar-refractivity contribution >= 4 is 22.9 Å². The third-order valence-electron chi connectivity index (χ3n) is 3.31. The number of ether oxygens (including phenoxy) is 2. The highest BCUT2D eigenvalue weighted by atomic mass is 32.1. The molecule has 0 unspecified atom stereocenters. The van der Waals surface area contributed by atoms with Crippen molar-refractivity contribution in [3.63, 3.8) is 0 Å². The third-order valence-corrected chi connectivity index (χ3v) is 4.93. The van der Waals surface area contributed by atoms with Gasteiger partial charge < -0.3 is 9.47 Å².